The van der Waals surface area contributed by atoms with Crippen molar-refractivity contribution in [2.24, 2.45) is 16.3 Å². The van der Waals surface area contributed by atoms with Crippen LogP contribution < -0.4 is 10.6 Å². The Hall–Kier alpha value is -0.890. The normalized spacial score (nSPS) is 27.7. The summed E-state index contributed by atoms with van der Waals surface area (Å²) in [6.07, 6.45) is 1.45. The highest BCUT2D eigenvalue weighted by Crippen LogP contribution is 2.52. The zero-order chi connectivity index (χ0) is 16.6. The summed E-state index contributed by atoms with van der Waals surface area (Å²) < 4.78 is 19.4. The van der Waals surface area contributed by atoms with Crippen molar-refractivity contribution in [1.82, 2.24) is 10.6 Å². The van der Waals surface area contributed by atoms with Crippen LogP contribution in [0, 0.1) is 24.1 Å². The fourth-order valence-electron chi connectivity index (χ4n) is 3.89. The lowest BCUT2D eigenvalue weighted by Crippen LogP contribution is -2.67. The van der Waals surface area contributed by atoms with Crippen molar-refractivity contribution in [2.45, 2.75) is 45.9 Å². The fraction of sp³-hybridized carbons (Fsp3) is 0.611. The van der Waals surface area contributed by atoms with Gasteiger partial charge in [-0.05, 0) is 30.5 Å². The van der Waals surface area contributed by atoms with E-state index >= 15 is 0 Å². The Morgan fingerprint density at radius 3 is 2.83 bits per heavy atom. The maximum atomic E-state index is 13.6. The van der Waals surface area contributed by atoms with Crippen LogP contribution in [0.5, 0.6) is 0 Å². The van der Waals surface area contributed by atoms with Crippen LogP contribution in [-0.2, 0) is 11.3 Å². The van der Waals surface area contributed by atoms with E-state index < -0.39 is 0 Å². The molecule has 4 nitrogen and oxygen atoms in total. The number of guanidine groups is 1. The van der Waals surface area contributed by atoms with Crippen LogP contribution in [0.25, 0.3) is 0 Å². The summed E-state index contributed by atoms with van der Waals surface area (Å²) in [4.78, 5) is 4.30. The number of hydrogen-bond donors (Lipinski definition) is 2. The second-order valence-electron chi connectivity index (χ2n) is 7.20. The van der Waals surface area contributed by atoms with Gasteiger partial charge in [-0.3, -0.25) is 4.99 Å². The van der Waals surface area contributed by atoms with Crippen molar-refractivity contribution in [3.63, 3.8) is 0 Å². The van der Waals surface area contributed by atoms with Crippen LogP contribution in [0.1, 0.15) is 31.4 Å². The smallest absolute Gasteiger partial charge is 0.191 e. The van der Waals surface area contributed by atoms with Gasteiger partial charge in [0.2, 0.25) is 0 Å². The first-order valence-corrected chi connectivity index (χ1v) is 8.27. The number of rotatable bonds is 3. The lowest BCUT2D eigenvalue weighted by molar-refractivity contribution is -0.106. The van der Waals surface area contributed by atoms with Crippen LogP contribution in [-0.4, -0.2) is 31.8 Å². The fourth-order valence-corrected chi connectivity index (χ4v) is 3.89. The number of aryl methyl sites for hydroxylation is 1. The highest BCUT2D eigenvalue weighted by Gasteiger charge is 2.59. The number of nitrogens with one attached hydrogen (secondary N) is 2. The molecule has 1 aliphatic heterocycles. The largest absolute Gasteiger partial charge is 0.377 e. The molecule has 1 saturated carbocycles. The van der Waals surface area contributed by atoms with E-state index in [0.717, 1.165) is 24.6 Å². The average Bonchev–Trinajstić information content (AvgIpc) is 2.97. The van der Waals surface area contributed by atoms with Gasteiger partial charge >= 0.3 is 0 Å². The first-order chi connectivity index (χ1) is 10.9. The summed E-state index contributed by atoms with van der Waals surface area (Å²) in [5.74, 6) is 1.15. The van der Waals surface area contributed by atoms with E-state index in [4.69, 9.17) is 4.74 Å². The lowest BCUT2D eigenvalue weighted by atomic mass is 9.57. The molecule has 1 aliphatic carbocycles. The summed E-state index contributed by atoms with van der Waals surface area (Å²) in [7, 11) is 1.76. The van der Waals surface area contributed by atoms with Gasteiger partial charge in [0.15, 0.2) is 5.96 Å². The van der Waals surface area contributed by atoms with Crippen molar-refractivity contribution in [1.29, 1.82) is 0 Å². The summed E-state index contributed by atoms with van der Waals surface area (Å²) in [5, 5.41) is 6.81. The van der Waals surface area contributed by atoms with E-state index in [0.29, 0.717) is 30.2 Å². The Morgan fingerprint density at radius 2 is 2.17 bits per heavy atom. The third-order valence-corrected chi connectivity index (χ3v) is 5.31. The molecular weight excluding hydrogens is 420 g/mol. The van der Waals surface area contributed by atoms with E-state index in [2.05, 4.69) is 29.5 Å². The van der Waals surface area contributed by atoms with Gasteiger partial charge in [0.05, 0.1) is 6.10 Å². The average molecular weight is 447 g/mol. The lowest BCUT2D eigenvalue weighted by Gasteiger charge is -2.54. The maximum Gasteiger partial charge on any atom is 0.191 e. The number of hydrogen-bond acceptors (Lipinski definition) is 2. The SMILES string of the molecule is CN=C(NCc1ccc(C)c(F)c1)NC1C2CCOC2C1(C)C.I. The molecule has 0 amide bonds. The Labute approximate surface area is 160 Å². The van der Waals surface area contributed by atoms with Gasteiger partial charge in [0, 0.05) is 37.6 Å². The van der Waals surface area contributed by atoms with E-state index in [1.54, 1.807) is 26.1 Å². The predicted molar refractivity (Wildman–Crippen MR) is 105 cm³/mol. The predicted octanol–water partition coefficient (Wildman–Crippen LogP) is 3.23. The molecule has 134 valence electrons. The van der Waals surface area contributed by atoms with Gasteiger partial charge in [0.25, 0.3) is 0 Å². The molecule has 1 aromatic rings. The minimum atomic E-state index is -0.168. The maximum absolute atomic E-state index is 13.6. The minimum Gasteiger partial charge on any atom is -0.377 e. The second kappa shape index (κ2) is 7.56. The Bertz CT molecular complexity index is 620. The quantitative estimate of drug-likeness (QED) is 0.425. The van der Waals surface area contributed by atoms with Crippen molar-refractivity contribution in [3.8, 4) is 0 Å². The van der Waals surface area contributed by atoms with Crippen LogP contribution >= 0.6 is 24.0 Å². The first kappa shape index (κ1) is 19.4. The molecule has 24 heavy (non-hydrogen) atoms. The summed E-state index contributed by atoms with van der Waals surface area (Å²) in [6.45, 7) is 7.64. The molecule has 1 aromatic carbocycles. The molecule has 0 radical (unpaired) electrons. The van der Waals surface area contributed by atoms with Gasteiger partial charge in [-0.15, -0.1) is 24.0 Å². The third-order valence-electron chi connectivity index (χ3n) is 5.31. The molecule has 2 fully saturated rings. The number of nitrogens with zero attached hydrogens (tertiary/aromatic N) is 1. The van der Waals surface area contributed by atoms with Crippen molar-refractivity contribution >= 4 is 29.9 Å². The summed E-state index contributed by atoms with van der Waals surface area (Å²) in [6, 6.07) is 5.67. The zero-order valence-electron chi connectivity index (χ0n) is 14.7. The number of halogens is 2. The minimum absolute atomic E-state index is 0. The number of aliphatic imine (C=N–C) groups is 1. The molecule has 6 heteroatoms. The van der Waals surface area contributed by atoms with Crippen LogP contribution in [0.2, 0.25) is 0 Å². The van der Waals surface area contributed by atoms with Gasteiger partial charge in [-0.1, -0.05) is 26.0 Å². The molecule has 1 saturated heterocycles. The first-order valence-electron chi connectivity index (χ1n) is 8.27. The van der Waals surface area contributed by atoms with E-state index in [1.165, 1.54) is 0 Å². The molecule has 1 heterocycles. The van der Waals surface area contributed by atoms with Gasteiger partial charge in [-0.2, -0.15) is 0 Å². The summed E-state index contributed by atoms with van der Waals surface area (Å²) in [5.41, 5.74) is 1.68. The zero-order valence-corrected chi connectivity index (χ0v) is 17.1. The van der Waals surface area contributed by atoms with E-state index in [-0.39, 0.29) is 35.2 Å². The van der Waals surface area contributed by atoms with Crippen molar-refractivity contribution in [2.75, 3.05) is 13.7 Å². The topological polar surface area (TPSA) is 45.7 Å². The highest BCUT2D eigenvalue weighted by atomic mass is 127. The number of benzene rings is 1. The van der Waals surface area contributed by atoms with Crippen LogP contribution in [0.15, 0.2) is 23.2 Å². The highest BCUT2D eigenvalue weighted by molar-refractivity contribution is 14.0. The van der Waals surface area contributed by atoms with Crippen LogP contribution in [0.3, 0.4) is 0 Å². The Kier molecular flexibility index (Phi) is 6.12. The van der Waals surface area contributed by atoms with Crippen molar-refractivity contribution in [3.05, 3.63) is 35.1 Å². The molecule has 0 spiro atoms. The monoisotopic (exact) mass is 447 g/mol. The summed E-state index contributed by atoms with van der Waals surface area (Å²) >= 11 is 0. The van der Waals surface area contributed by atoms with Gasteiger partial charge < -0.3 is 15.4 Å². The molecule has 2 N–H and O–H groups in total. The van der Waals surface area contributed by atoms with Crippen molar-refractivity contribution < 1.29 is 9.13 Å². The Morgan fingerprint density at radius 1 is 1.42 bits per heavy atom. The molecule has 3 unspecified atom stereocenters. The standard InChI is InChI=1S/C18H26FN3O.HI/c1-11-5-6-12(9-14(11)19)10-21-17(20-4)22-15-13-7-8-23-16(13)18(15,2)3;/h5-6,9,13,15-16H,7-8,10H2,1-4H3,(H2,20,21,22);1H. The van der Waals surface area contributed by atoms with E-state index in [1.807, 2.05) is 6.07 Å². The van der Waals surface area contributed by atoms with Gasteiger partial charge in [0.1, 0.15) is 5.82 Å². The second-order valence-corrected chi connectivity index (χ2v) is 7.20. The molecule has 3 atom stereocenters. The third kappa shape index (κ3) is 3.54. The Balaban J connectivity index is 0.00000208. The molecular formula is C18H27FIN3O. The van der Waals surface area contributed by atoms with Crippen LogP contribution in [0.4, 0.5) is 4.39 Å². The number of ether oxygens (including phenoxy) is 1. The van der Waals surface area contributed by atoms with E-state index in [9.17, 15) is 4.39 Å². The number of fused-ring (bicyclic) bond motifs is 1. The van der Waals surface area contributed by atoms with Gasteiger partial charge in [-0.25, -0.2) is 4.39 Å². The molecule has 2 aliphatic rings. The molecule has 3 rings (SSSR count). The molecule has 0 bridgehead atoms. The molecule has 0 aromatic heterocycles.